The van der Waals surface area contributed by atoms with Crippen LogP contribution < -0.4 is 0 Å². The van der Waals surface area contributed by atoms with Gasteiger partial charge in [0.1, 0.15) is 6.29 Å². The summed E-state index contributed by atoms with van der Waals surface area (Å²) in [7, 11) is 0. The van der Waals surface area contributed by atoms with Crippen molar-refractivity contribution >= 4 is 6.29 Å². The number of aldehydes is 1. The number of carbonyl (C=O) groups is 1. The Labute approximate surface area is 80.9 Å². The van der Waals surface area contributed by atoms with E-state index in [-0.39, 0.29) is 5.41 Å². The van der Waals surface area contributed by atoms with Crippen molar-refractivity contribution in [2.75, 3.05) is 0 Å². The lowest BCUT2D eigenvalue weighted by atomic mass is 9.69. The summed E-state index contributed by atoms with van der Waals surface area (Å²) in [5.41, 5.74) is -0.110. The van der Waals surface area contributed by atoms with Crippen LogP contribution in [0, 0.1) is 23.2 Å². The third-order valence-corrected chi connectivity index (χ3v) is 2.99. The van der Waals surface area contributed by atoms with Crippen LogP contribution >= 0.6 is 0 Å². The van der Waals surface area contributed by atoms with E-state index in [0.29, 0.717) is 5.92 Å². The Kier molecular flexibility index (Phi) is 3.54. The van der Waals surface area contributed by atoms with Crippen molar-refractivity contribution in [2.45, 2.75) is 46.0 Å². The highest BCUT2D eigenvalue weighted by molar-refractivity contribution is 5.60. The average Bonchev–Trinajstić information content (AvgIpc) is 2.15. The third kappa shape index (κ3) is 2.59. The second-order valence-electron chi connectivity index (χ2n) is 4.29. The zero-order chi connectivity index (χ0) is 9.73. The zero-order valence-corrected chi connectivity index (χ0v) is 8.60. The molecule has 1 aliphatic rings. The topological polar surface area (TPSA) is 17.1 Å². The van der Waals surface area contributed by atoms with Crippen LogP contribution in [0.25, 0.3) is 0 Å². The lowest BCUT2D eigenvalue weighted by Gasteiger charge is -2.34. The van der Waals surface area contributed by atoms with Gasteiger partial charge in [-0.2, -0.15) is 0 Å². The Hall–Kier alpha value is -0.770. The predicted octanol–water partition coefficient (Wildman–Crippen LogP) is 2.80. The maximum atomic E-state index is 11.1. The van der Waals surface area contributed by atoms with Crippen molar-refractivity contribution < 1.29 is 4.79 Å². The fraction of sp³-hybridized carbons (Fsp3) is 0.750. The van der Waals surface area contributed by atoms with E-state index in [1.165, 1.54) is 12.8 Å². The smallest absolute Gasteiger partial charge is 0.127 e. The van der Waals surface area contributed by atoms with Gasteiger partial charge in [0.25, 0.3) is 0 Å². The normalized spacial score (nSPS) is 33.2. The largest absolute Gasteiger partial charge is 0.303 e. The second-order valence-corrected chi connectivity index (χ2v) is 4.29. The predicted molar refractivity (Wildman–Crippen MR) is 54.2 cm³/mol. The molecule has 1 aliphatic carbocycles. The van der Waals surface area contributed by atoms with Gasteiger partial charge in [-0.25, -0.2) is 0 Å². The van der Waals surface area contributed by atoms with Gasteiger partial charge in [0.15, 0.2) is 0 Å². The summed E-state index contributed by atoms with van der Waals surface area (Å²) in [5, 5.41) is 0. The maximum absolute atomic E-state index is 11.1. The molecule has 0 radical (unpaired) electrons. The van der Waals surface area contributed by atoms with Crippen LogP contribution in [-0.4, -0.2) is 6.29 Å². The molecule has 0 amide bonds. The average molecular weight is 178 g/mol. The van der Waals surface area contributed by atoms with Crippen LogP contribution in [0.4, 0.5) is 0 Å². The summed E-state index contributed by atoms with van der Waals surface area (Å²) >= 11 is 0. The highest BCUT2D eigenvalue weighted by atomic mass is 16.1. The van der Waals surface area contributed by atoms with Crippen LogP contribution in [0.5, 0.6) is 0 Å². The van der Waals surface area contributed by atoms with E-state index in [1.54, 1.807) is 0 Å². The summed E-state index contributed by atoms with van der Waals surface area (Å²) in [6.07, 6.45) is 6.44. The first-order valence-electron chi connectivity index (χ1n) is 5.08. The minimum absolute atomic E-state index is 0.110. The van der Waals surface area contributed by atoms with Gasteiger partial charge in [-0.1, -0.05) is 19.8 Å². The standard InChI is InChI=1S/C12H18O/c1-3-4-7-12(10-13)8-5-6-11(2)9-12/h10-11H,5-9H2,1-2H3. The molecule has 2 atom stereocenters. The fourth-order valence-electron chi connectivity index (χ4n) is 2.27. The summed E-state index contributed by atoms with van der Waals surface area (Å²) in [4.78, 5) is 11.1. The summed E-state index contributed by atoms with van der Waals surface area (Å²) in [5.74, 6) is 6.62. The van der Waals surface area contributed by atoms with E-state index >= 15 is 0 Å². The van der Waals surface area contributed by atoms with Gasteiger partial charge in [0.05, 0.1) is 0 Å². The molecule has 13 heavy (non-hydrogen) atoms. The number of hydrogen-bond donors (Lipinski definition) is 0. The van der Waals surface area contributed by atoms with Crippen molar-refractivity contribution in [1.29, 1.82) is 0 Å². The zero-order valence-electron chi connectivity index (χ0n) is 8.60. The van der Waals surface area contributed by atoms with Gasteiger partial charge in [0, 0.05) is 11.8 Å². The number of rotatable bonds is 2. The molecule has 72 valence electrons. The summed E-state index contributed by atoms with van der Waals surface area (Å²) < 4.78 is 0. The van der Waals surface area contributed by atoms with Crippen molar-refractivity contribution in [3.63, 3.8) is 0 Å². The molecule has 1 nitrogen and oxygen atoms in total. The molecule has 0 spiro atoms. The molecule has 1 saturated carbocycles. The summed E-state index contributed by atoms with van der Waals surface area (Å²) in [6, 6.07) is 0. The van der Waals surface area contributed by atoms with Gasteiger partial charge in [-0.15, -0.1) is 11.8 Å². The minimum atomic E-state index is -0.110. The van der Waals surface area contributed by atoms with Gasteiger partial charge in [-0.3, -0.25) is 0 Å². The van der Waals surface area contributed by atoms with E-state index in [1.807, 2.05) is 6.92 Å². The van der Waals surface area contributed by atoms with E-state index in [9.17, 15) is 4.79 Å². The monoisotopic (exact) mass is 178 g/mol. The first kappa shape index (κ1) is 10.3. The molecule has 0 aromatic heterocycles. The quantitative estimate of drug-likeness (QED) is 0.469. The Morgan fingerprint density at radius 3 is 2.92 bits per heavy atom. The van der Waals surface area contributed by atoms with Gasteiger partial charge >= 0.3 is 0 Å². The first-order chi connectivity index (χ1) is 6.22. The third-order valence-electron chi connectivity index (χ3n) is 2.99. The van der Waals surface area contributed by atoms with Crippen LogP contribution in [0.3, 0.4) is 0 Å². The second kappa shape index (κ2) is 4.46. The SMILES string of the molecule is CC#CCC1(C=O)CCCC(C)C1. The Morgan fingerprint density at radius 1 is 1.62 bits per heavy atom. The van der Waals surface area contributed by atoms with Crippen molar-refractivity contribution in [1.82, 2.24) is 0 Å². The van der Waals surface area contributed by atoms with Crippen LogP contribution in [-0.2, 0) is 4.79 Å². The van der Waals surface area contributed by atoms with Crippen LogP contribution in [0.15, 0.2) is 0 Å². The molecule has 0 aromatic rings. The molecule has 2 unspecified atom stereocenters. The molecule has 0 heterocycles. The van der Waals surface area contributed by atoms with E-state index < -0.39 is 0 Å². The summed E-state index contributed by atoms with van der Waals surface area (Å²) in [6.45, 7) is 4.07. The molecular formula is C12H18O. The minimum Gasteiger partial charge on any atom is -0.303 e. The molecule has 0 N–H and O–H groups in total. The van der Waals surface area contributed by atoms with Crippen molar-refractivity contribution in [3.8, 4) is 11.8 Å². The van der Waals surface area contributed by atoms with Crippen LogP contribution in [0.2, 0.25) is 0 Å². The molecule has 0 saturated heterocycles. The van der Waals surface area contributed by atoms with E-state index in [2.05, 4.69) is 18.8 Å². The van der Waals surface area contributed by atoms with Crippen molar-refractivity contribution in [2.24, 2.45) is 11.3 Å². The van der Waals surface area contributed by atoms with Crippen LogP contribution in [0.1, 0.15) is 46.0 Å². The highest BCUT2D eigenvalue weighted by Crippen LogP contribution is 2.39. The van der Waals surface area contributed by atoms with Gasteiger partial charge < -0.3 is 4.79 Å². The maximum Gasteiger partial charge on any atom is 0.127 e. The lowest BCUT2D eigenvalue weighted by Crippen LogP contribution is -2.28. The molecule has 1 rings (SSSR count). The number of hydrogen-bond acceptors (Lipinski definition) is 1. The van der Waals surface area contributed by atoms with Gasteiger partial charge in [0.2, 0.25) is 0 Å². The number of carbonyl (C=O) groups excluding carboxylic acids is 1. The molecular weight excluding hydrogens is 160 g/mol. The molecule has 1 heteroatoms. The molecule has 0 aliphatic heterocycles. The van der Waals surface area contributed by atoms with Gasteiger partial charge in [-0.05, 0) is 25.7 Å². The Morgan fingerprint density at radius 2 is 2.38 bits per heavy atom. The van der Waals surface area contributed by atoms with E-state index in [4.69, 9.17) is 0 Å². The fourth-order valence-corrected chi connectivity index (χ4v) is 2.27. The Balaban J connectivity index is 2.65. The van der Waals surface area contributed by atoms with Crippen molar-refractivity contribution in [3.05, 3.63) is 0 Å². The van der Waals surface area contributed by atoms with E-state index in [0.717, 1.165) is 25.5 Å². The lowest BCUT2D eigenvalue weighted by molar-refractivity contribution is -0.118. The Bertz CT molecular complexity index is 233. The first-order valence-corrected chi connectivity index (χ1v) is 5.08. The molecule has 1 fully saturated rings. The molecule has 0 aromatic carbocycles. The highest BCUT2D eigenvalue weighted by Gasteiger charge is 2.33. The molecule has 0 bridgehead atoms.